The van der Waals surface area contributed by atoms with Gasteiger partial charge >= 0.3 is 0 Å². The van der Waals surface area contributed by atoms with E-state index < -0.39 is 10.0 Å². The summed E-state index contributed by atoms with van der Waals surface area (Å²) in [5.41, 5.74) is 7.87. The van der Waals surface area contributed by atoms with Gasteiger partial charge in [0.25, 0.3) is 0 Å². The molecule has 5 nitrogen and oxygen atoms in total. The lowest BCUT2D eigenvalue weighted by molar-refractivity contribution is 0.0265. The Morgan fingerprint density at radius 3 is 2.67 bits per heavy atom. The predicted octanol–water partition coefficient (Wildman–Crippen LogP) is 2.08. The molecule has 0 aromatic heterocycles. The van der Waals surface area contributed by atoms with Gasteiger partial charge < -0.3 is 10.5 Å². The van der Waals surface area contributed by atoms with Gasteiger partial charge in [-0.05, 0) is 44.7 Å². The summed E-state index contributed by atoms with van der Waals surface area (Å²) in [7, 11) is -3.57. The largest absolute Gasteiger partial charge is 0.397 e. The number of rotatable bonds is 4. The van der Waals surface area contributed by atoms with E-state index in [4.69, 9.17) is 10.5 Å². The third-order valence-electron chi connectivity index (χ3n) is 3.95. The van der Waals surface area contributed by atoms with Crippen molar-refractivity contribution < 1.29 is 13.2 Å². The molecule has 1 aromatic carbocycles. The van der Waals surface area contributed by atoms with E-state index in [-0.39, 0.29) is 11.0 Å². The van der Waals surface area contributed by atoms with Crippen LogP contribution in [0.4, 0.5) is 5.69 Å². The fourth-order valence-electron chi connectivity index (χ4n) is 2.77. The van der Waals surface area contributed by atoms with Crippen molar-refractivity contribution in [3.63, 3.8) is 0 Å². The molecule has 0 spiro atoms. The minimum absolute atomic E-state index is 0.0233. The number of anilines is 1. The molecule has 1 aliphatic rings. The van der Waals surface area contributed by atoms with Crippen molar-refractivity contribution in [2.24, 2.45) is 0 Å². The molecule has 6 heteroatoms. The molecule has 0 bridgehead atoms. The van der Waals surface area contributed by atoms with Crippen LogP contribution in [-0.2, 0) is 14.8 Å². The lowest BCUT2D eigenvalue weighted by Crippen LogP contribution is -2.43. The van der Waals surface area contributed by atoms with E-state index in [1.54, 1.807) is 6.92 Å². The molecular weight excluding hydrogens is 288 g/mol. The van der Waals surface area contributed by atoms with Crippen molar-refractivity contribution in [2.45, 2.75) is 44.6 Å². The quantitative estimate of drug-likeness (QED) is 0.864. The average molecular weight is 312 g/mol. The van der Waals surface area contributed by atoms with E-state index in [1.165, 1.54) is 4.31 Å². The van der Waals surface area contributed by atoms with Crippen LogP contribution in [0.2, 0.25) is 0 Å². The number of sulfonamides is 1. The Bertz CT molecular complexity index is 612. The number of piperidine rings is 1. The summed E-state index contributed by atoms with van der Waals surface area (Å²) in [4.78, 5) is 0.250. The molecule has 1 fully saturated rings. The zero-order valence-electron chi connectivity index (χ0n) is 12.9. The second-order valence-electron chi connectivity index (χ2n) is 5.52. The van der Waals surface area contributed by atoms with E-state index >= 15 is 0 Å². The van der Waals surface area contributed by atoms with Gasteiger partial charge in [-0.2, -0.15) is 4.31 Å². The highest BCUT2D eigenvalue weighted by atomic mass is 32.2. The van der Waals surface area contributed by atoms with Crippen LogP contribution in [0, 0.1) is 13.8 Å². The van der Waals surface area contributed by atoms with Crippen molar-refractivity contribution in [3.8, 4) is 0 Å². The first-order valence-electron chi connectivity index (χ1n) is 7.35. The molecule has 118 valence electrons. The summed E-state index contributed by atoms with van der Waals surface area (Å²) in [6.45, 7) is 7.07. The van der Waals surface area contributed by atoms with Crippen LogP contribution in [-0.4, -0.2) is 38.5 Å². The highest BCUT2D eigenvalue weighted by Gasteiger charge is 2.33. The standard InChI is InChI=1S/C15H24N2O3S/c1-4-20-13-6-5-9-17(10-13)21(18,19)15-12(3)8-7-11(2)14(15)16/h7-8,13H,4-6,9-10,16H2,1-3H3. The SMILES string of the molecule is CCOC1CCCN(S(=O)(=O)c2c(C)ccc(C)c2N)C1. The maximum Gasteiger partial charge on any atom is 0.245 e. The Balaban J connectivity index is 2.36. The lowest BCUT2D eigenvalue weighted by atomic mass is 10.1. The number of ether oxygens (including phenoxy) is 1. The molecule has 1 saturated heterocycles. The van der Waals surface area contributed by atoms with Crippen LogP contribution in [0.5, 0.6) is 0 Å². The van der Waals surface area contributed by atoms with E-state index in [9.17, 15) is 8.42 Å². The van der Waals surface area contributed by atoms with Gasteiger partial charge in [0, 0.05) is 19.7 Å². The molecule has 1 atom stereocenters. The van der Waals surface area contributed by atoms with Crippen molar-refractivity contribution in [1.29, 1.82) is 0 Å². The molecule has 0 saturated carbocycles. The lowest BCUT2D eigenvalue weighted by Gasteiger charge is -2.32. The third kappa shape index (κ3) is 3.22. The van der Waals surface area contributed by atoms with Crippen LogP contribution in [0.15, 0.2) is 17.0 Å². The summed E-state index contributed by atoms with van der Waals surface area (Å²) >= 11 is 0. The van der Waals surface area contributed by atoms with E-state index in [0.29, 0.717) is 30.9 Å². The Hall–Kier alpha value is -1.11. The number of nitrogen functional groups attached to an aromatic ring is 1. The first kappa shape index (κ1) is 16.3. The maximum absolute atomic E-state index is 12.9. The van der Waals surface area contributed by atoms with Crippen LogP contribution < -0.4 is 5.73 Å². The van der Waals surface area contributed by atoms with Gasteiger partial charge in [-0.25, -0.2) is 8.42 Å². The topological polar surface area (TPSA) is 72.6 Å². The molecule has 1 aromatic rings. The number of nitrogens with zero attached hydrogens (tertiary/aromatic N) is 1. The highest BCUT2D eigenvalue weighted by Crippen LogP contribution is 2.30. The molecule has 0 amide bonds. The summed E-state index contributed by atoms with van der Waals surface area (Å²) in [6.07, 6.45) is 1.70. The number of hydrogen-bond acceptors (Lipinski definition) is 4. The number of nitrogens with two attached hydrogens (primary N) is 1. The zero-order chi connectivity index (χ0) is 15.6. The van der Waals surface area contributed by atoms with Gasteiger partial charge in [-0.3, -0.25) is 0 Å². The Morgan fingerprint density at radius 2 is 2.00 bits per heavy atom. The molecule has 0 aliphatic carbocycles. The Kier molecular flexibility index (Phi) is 4.91. The molecule has 1 unspecified atom stereocenters. The highest BCUT2D eigenvalue weighted by molar-refractivity contribution is 7.89. The fourth-order valence-corrected chi connectivity index (χ4v) is 4.68. The van der Waals surface area contributed by atoms with Crippen molar-refractivity contribution in [3.05, 3.63) is 23.3 Å². The van der Waals surface area contributed by atoms with Gasteiger partial charge in [0.05, 0.1) is 11.8 Å². The molecule has 1 aliphatic heterocycles. The monoisotopic (exact) mass is 312 g/mol. The maximum atomic E-state index is 12.9. The normalized spacial score (nSPS) is 20.6. The zero-order valence-corrected chi connectivity index (χ0v) is 13.7. The van der Waals surface area contributed by atoms with E-state index in [2.05, 4.69) is 0 Å². The average Bonchev–Trinajstić information content (AvgIpc) is 2.44. The fraction of sp³-hybridized carbons (Fsp3) is 0.600. The van der Waals surface area contributed by atoms with E-state index in [1.807, 2.05) is 26.0 Å². The summed E-state index contributed by atoms with van der Waals surface area (Å²) in [6, 6.07) is 3.66. The van der Waals surface area contributed by atoms with Crippen LogP contribution in [0.25, 0.3) is 0 Å². The second-order valence-corrected chi connectivity index (χ2v) is 7.40. The molecular formula is C15H24N2O3S. The Labute approximate surface area is 127 Å². The number of benzene rings is 1. The van der Waals surface area contributed by atoms with Crippen LogP contribution >= 0.6 is 0 Å². The summed E-state index contributed by atoms with van der Waals surface area (Å²) < 4.78 is 32.9. The summed E-state index contributed by atoms with van der Waals surface area (Å²) in [5, 5.41) is 0. The van der Waals surface area contributed by atoms with Gasteiger partial charge in [0.15, 0.2) is 0 Å². The second kappa shape index (κ2) is 6.34. The predicted molar refractivity (Wildman–Crippen MR) is 83.7 cm³/mol. The minimum atomic E-state index is -3.57. The molecule has 2 rings (SSSR count). The Morgan fingerprint density at radius 1 is 1.33 bits per heavy atom. The first-order chi connectivity index (χ1) is 9.87. The third-order valence-corrected chi connectivity index (χ3v) is 6.02. The van der Waals surface area contributed by atoms with Crippen molar-refractivity contribution >= 4 is 15.7 Å². The van der Waals surface area contributed by atoms with E-state index in [0.717, 1.165) is 18.4 Å². The van der Waals surface area contributed by atoms with Gasteiger partial charge in [0.1, 0.15) is 4.90 Å². The first-order valence-corrected chi connectivity index (χ1v) is 8.79. The molecule has 21 heavy (non-hydrogen) atoms. The number of aryl methyl sites for hydroxylation is 2. The van der Waals surface area contributed by atoms with Gasteiger partial charge in [-0.15, -0.1) is 0 Å². The number of hydrogen-bond donors (Lipinski definition) is 1. The van der Waals surface area contributed by atoms with Crippen LogP contribution in [0.1, 0.15) is 30.9 Å². The van der Waals surface area contributed by atoms with Crippen molar-refractivity contribution in [1.82, 2.24) is 4.31 Å². The smallest absolute Gasteiger partial charge is 0.245 e. The van der Waals surface area contributed by atoms with Crippen LogP contribution in [0.3, 0.4) is 0 Å². The summed E-state index contributed by atoms with van der Waals surface area (Å²) in [5.74, 6) is 0. The molecule has 2 N–H and O–H groups in total. The van der Waals surface area contributed by atoms with Gasteiger partial charge in [-0.1, -0.05) is 12.1 Å². The molecule has 0 radical (unpaired) electrons. The van der Waals surface area contributed by atoms with Crippen molar-refractivity contribution in [2.75, 3.05) is 25.4 Å². The minimum Gasteiger partial charge on any atom is -0.397 e. The molecule has 1 heterocycles. The van der Waals surface area contributed by atoms with Gasteiger partial charge in [0.2, 0.25) is 10.0 Å².